The van der Waals surface area contributed by atoms with Gasteiger partial charge in [-0.3, -0.25) is 9.69 Å². The second-order valence-electron chi connectivity index (χ2n) is 9.25. The van der Waals surface area contributed by atoms with E-state index in [9.17, 15) is 13.2 Å². The zero-order valence-corrected chi connectivity index (χ0v) is 23.1. The summed E-state index contributed by atoms with van der Waals surface area (Å²) < 4.78 is 32.8. The number of nitrogens with one attached hydrogen (secondary N) is 1. The predicted molar refractivity (Wildman–Crippen MR) is 146 cm³/mol. The number of methoxy groups -OCH3 is 1. The van der Waals surface area contributed by atoms with Gasteiger partial charge >= 0.3 is 5.97 Å². The third kappa shape index (κ3) is 8.02. The molecule has 36 heavy (non-hydrogen) atoms. The van der Waals surface area contributed by atoms with E-state index in [-0.39, 0.29) is 36.4 Å². The summed E-state index contributed by atoms with van der Waals surface area (Å²) >= 11 is 0. The van der Waals surface area contributed by atoms with Crippen LogP contribution >= 0.6 is 12.4 Å². The lowest BCUT2D eigenvalue weighted by Crippen LogP contribution is -2.52. The van der Waals surface area contributed by atoms with Crippen LogP contribution < -0.4 is 5.32 Å². The number of benzene rings is 2. The van der Waals surface area contributed by atoms with Crippen LogP contribution in [0.25, 0.3) is 0 Å². The van der Waals surface area contributed by atoms with Gasteiger partial charge in [0.2, 0.25) is 10.0 Å². The molecule has 1 aliphatic rings. The van der Waals surface area contributed by atoms with E-state index < -0.39 is 10.0 Å². The lowest BCUT2D eigenvalue weighted by molar-refractivity contribution is -0.148. The van der Waals surface area contributed by atoms with Gasteiger partial charge in [0.05, 0.1) is 24.1 Å². The summed E-state index contributed by atoms with van der Waals surface area (Å²) in [6.07, 6.45) is 3.43. The number of hydrogen-bond donors (Lipinski definition) is 1. The molecule has 200 valence electrons. The molecule has 0 bridgehead atoms. The van der Waals surface area contributed by atoms with Crippen LogP contribution in [0.5, 0.6) is 0 Å². The number of likely N-dealkylation sites (tertiary alicyclic amines) is 1. The normalized spacial score (nSPS) is 19.4. The first-order valence-corrected chi connectivity index (χ1v) is 13.9. The van der Waals surface area contributed by atoms with E-state index in [1.165, 1.54) is 11.4 Å². The molecule has 1 heterocycles. The Bertz CT molecular complexity index is 1020. The van der Waals surface area contributed by atoms with Crippen LogP contribution in [0, 0.1) is 5.92 Å². The Labute approximate surface area is 222 Å². The molecule has 0 saturated carbocycles. The highest BCUT2D eigenvalue weighted by Gasteiger charge is 2.33. The molecule has 1 fully saturated rings. The maximum Gasteiger partial charge on any atom is 0.308 e. The molecule has 9 heteroatoms. The number of rotatable bonds is 12. The van der Waals surface area contributed by atoms with Gasteiger partial charge in [0.1, 0.15) is 0 Å². The summed E-state index contributed by atoms with van der Waals surface area (Å²) in [5.74, 6) is -0.176. The lowest BCUT2D eigenvalue weighted by Gasteiger charge is -2.40. The van der Waals surface area contributed by atoms with Crippen molar-refractivity contribution in [2.24, 2.45) is 5.92 Å². The maximum atomic E-state index is 13.2. The molecule has 1 N–H and O–H groups in total. The van der Waals surface area contributed by atoms with Crippen molar-refractivity contribution in [1.29, 1.82) is 0 Å². The fourth-order valence-corrected chi connectivity index (χ4v) is 6.01. The lowest BCUT2D eigenvalue weighted by atomic mass is 9.92. The third-order valence-corrected chi connectivity index (χ3v) is 8.68. The van der Waals surface area contributed by atoms with Crippen molar-refractivity contribution in [3.8, 4) is 0 Å². The van der Waals surface area contributed by atoms with Crippen molar-refractivity contribution in [3.05, 3.63) is 66.2 Å². The summed E-state index contributed by atoms with van der Waals surface area (Å²) in [5, 5.41) is 3.59. The second-order valence-corrected chi connectivity index (χ2v) is 11.3. The van der Waals surface area contributed by atoms with Gasteiger partial charge in [0.15, 0.2) is 0 Å². The van der Waals surface area contributed by atoms with Gasteiger partial charge in [-0.05, 0) is 55.8 Å². The Kier molecular flexibility index (Phi) is 12.3. The quantitative estimate of drug-likeness (QED) is 0.410. The number of hydrogen-bond acceptors (Lipinski definition) is 6. The molecule has 0 radical (unpaired) electrons. The van der Waals surface area contributed by atoms with E-state index in [4.69, 9.17) is 4.74 Å². The van der Waals surface area contributed by atoms with Gasteiger partial charge in [0, 0.05) is 26.7 Å². The van der Waals surface area contributed by atoms with Crippen molar-refractivity contribution in [1.82, 2.24) is 14.5 Å². The Hall–Kier alpha value is -1.97. The van der Waals surface area contributed by atoms with E-state index in [1.807, 2.05) is 24.3 Å². The molecule has 3 rings (SSSR count). The molecule has 0 aromatic heterocycles. The van der Waals surface area contributed by atoms with Crippen molar-refractivity contribution in [2.75, 3.05) is 40.3 Å². The van der Waals surface area contributed by atoms with Crippen LogP contribution in [-0.2, 0) is 19.6 Å². The Morgan fingerprint density at radius 2 is 1.78 bits per heavy atom. The average Bonchev–Trinajstić information content (AvgIpc) is 2.90. The van der Waals surface area contributed by atoms with E-state index in [2.05, 4.69) is 29.3 Å². The van der Waals surface area contributed by atoms with Crippen molar-refractivity contribution < 1.29 is 17.9 Å². The van der Waals surface area contributed by atoms with Gasteiger partial charge in [-0.25, -0.2) is 12.7 Å². The maximum absolute atomic E-state index is 13.2. The Balaban J connectivity index is 0.00000456. The summed E-state index contributed by atoms with van der Waals surface area (Å²) in [6, 6.07) is 18.7. The topological polar surface area (TPSA) is 79.0 Å². The average molecular weight is 538 g/mol. The highest BCUT2D eigenvalue weighted by atomic mass is 35.5. The number of carbonyl (C=O) groups is 1. The van der Waals surface area contributed by atoms with Gasteiger partial charge in [0.25, 0.3) is 0 Å². The number of halogens is 1. The molecule has 1 aliphatic heterocycles. The molecule has 2 aromatic rings. The van der Waals surface area contributed by atoms with E-state index >= 15 is 0 Å². The SMILES string of the molecule is CCCNC1CC(C(=O)OC)CCN1CCC(CN(C)S(=O)(=O)c1ccccc1)c1ccccc1.Cl. The van der Waals surface area contributed by atoms with Crippen LogP contribution in [-0.4, -0.2) is 70.1 Å². The molecule has 0 aliphatic carbocycles. The van der Waals surface area contributed by atoms with Gasteiger partial charge in [-0.1, -0.05) is 55.5 Å². The number of piperidine rings is 1. The second kappa shape index (κ2) is 14.7. The molecule has 1 saturated heterocycles. The van der Waals surface area contributed by atoms with Gasteiger partial charge in [-0.15, -0.1) is 12.4 Å². The minimum atomic E-state index is -3.57. The Morgan fingerprint density at radius 3 is 2.39 bits per heavy atom. The first-order chi connectivity index (χ1) is 16.9. The fourth-order valence-electron chi connectivity index (χ4n) is 4.78. The minimum absolute atomic E-state index is 0. The van der Waals surface area contributed by atoms with E-state index in [1.54, 1.807) is 31.3 Å². The van der Waals surface area contributed by atoms with Crippen LogP contribution in [0.2, 0.25) is 0 Å². The molecule has 2 aromatic carbocycles. The molecule has 3 atom stereocenters. The predicted octanol–water partition coefficient (Wildman–Crippen LogP) is 4.11. The van der Waals surface area contributed by atoms with Crippen LogP contribution in [0.1, 0.15) is 44.1 Å². The first-order valence-electron chi connectivity index (χ1n) is 12.5. The molecule has 3 unspecified atom stereocenters. The highest BCUT2D eigenvalue weighted by molar-refractivity contribution is 7.89. The minimum Gasteiger partial charge on any atom is -0.469 e. The van der Waals surface area contributed by atoms with Crippen LogP contribution in [0.3, 0.4) is 0 Å². The molecule has 0 spiro atoms. The van der Waals surface area contributed by atoms with Gasteiger partial charge < -0.3 is 10.1 Å². The third-order valence-electron chi connectivity index (χ3n) is 6.84. The van der Waals surface area contributed by atoms with Crippen LogP contribution in [0.15, 0.2) is 65.6 Å². The number of esters is 1. The molecular formula is C27H40ClN3O4S. The smallest absolute Gasteiger partial charge is 0.308 e. The number of sulfonamides is 1. The van der Waals surface area contributed by atoms with Gasteiger partial charge in [-0.2, -0.15) is 0 Å². The fraction of sp³-hybridized carbons (Fsp3) is 0.519. The van der Waals surface area contributed by atoms with E-state index in [0.717, 1.165) is 50.9 Å². The van der Waals surface area contributed by atoms with Crippen molar-refractivity contribution in [3.63, 3.8) is 0 Å². The van der Waals surface area contributed by atoms with E-state index in [0.29, 0.717) is 11.4 Å². The standard InChI is InChI=1S/C27H39N3O4S.ClH/c1-4-17-28-26-20-23(27(31)34-3)15-18-30(26)19-16-24(22-11-7-5-8-12-22)21-29(2)35(32,33)25-13-9-6-10-14-25;/h5-14,23-24,26,28H,4,15-21H2,1-3H3;1H. The van der Waals surface area contributed by atoms with Crippen LogP contribution in [0.4, 0.5) is 0 Å². The zero-order valence-electron chi connectivity index (χ0n) is 21.5. The summed E-state index contributed by atoms with van der Waals surface area (Å²) in [4.78, 5) is 14.9. The first kappa shape index (κ1) is 30.3. The number of ether oxygens (including phenoxy) is 1. The Morgan fingerprint density at radius 1 is 1.14 bits per heavy atom. The summed E-state index contributed by atoms with van der Waals surface area (Å²) in [6.45, 7) is 5.03. The molecular weight excluding hydrogens is 498 g/mol. The monoisotopic (exact) mass is 537 g/mol. The van der Waals surface area contributed by atoms with Crippen molar-refractivity contribution in [2.45, 2.75) is 49.6 Å². The molecule has 0 amide bonds. The van der Waals surface area contributed by atoms with Crippen molar-refractivity contribution >= 4 is 28.4 Å². The number of likely N-dealkylation sites (N-methyl/N-ethyl adjacent to an activating group) is 1. The molecule has 7 nitrogen and oxygen atoms in total. The highest BCUT2D eigenvalue weighted by Crippen LogP contribution is 2.27. The zero-order chi connectivity index (χ0) is 25.3. The number of carbonyl (C=O) groups excluding carboxylic acids is 1. The summed E-state index contributed by atoms with van der Waals surface area (Å²) in [7, 11) is -0.461. The largest absolute Gasteiger partial charge is 0.469 e. The number of nitrogens with zero attached hydrogens (tertiary/aromatic N) is 2. The summed E-state index contributed by atoms with van der Waals surface area (Å²) in [5.41, 5.74) is 1.13.